The van der Waals surface area contributed by atoms with Crippen molar-refractivity contribution in [2.45, 2.75) is 10.7 Å². The van der Waals surface area contributed by atoms with E-state index < -0.39 is 36.8 Å². The minimum absolute atomic E-state index is 0.760. The summed E-state index contributed by atoms with van der Waals surface area (Å²) in [7, 11) is -10.2. The zero-order valence-electron chi connectivity index (χ0n) is 6.03. The van der Waals surface area contributed by atoms with Gasteiger partial charge in [-0.1, -0.05) is 0 Å². The predicted molar refractivity (Wildman–Crippen MR) is 43.6 cm³/mol. The minimum Gasteiger partial charge on any atom is -0.389 e. The van der Waals surface area contributed by atoms with Crippen LogP contribution in [-0.2, 0) is 20.2 Å². The second kappa shape index (κ2) is 4.07. The van der Waals surface area contributed by atoms with Crippen molar-refractivity contribution in [2.75, 3.05) is 5.88 Å². The molecule has 0 bridgehead atoms. The fourth-order valence-electron chi connectivity index (χ4n) is 0.623. The highest BCUT2D eigenvalue weighted by molar-refractivity contribution is 8.04. The first-order chi connectivity index (χ1) is 5.60. The van der Waals surface area contributed by atoms with Crippen molar-refractivity contribution in [1.29, 1.82) is 0 Å². The Hall–Kier alpha value is 0.0700. The lowest BCUT2D eigenvalue weighted by atomic mass is 10.5. The molecule has 0 heterocycles. The van der Waals surface area contributed by atoms with Gasteiger partial charge in [0, 0.05) is 0 Å². The highest BCUT2D eigenvalue weighted by atomic mass is 35.5. The van der Waals surface area contributed by atoms with E-state index in [-0.39, 0.29) is 0 Å². The second-order valence-corrected chi connectivity index (χ2v) is 5.80. The molecule has 0 aliphatic rings. The summed E-state index contributed by atoms with van der Waals surface area (Å²) in [5.74, 6) is -0.760. The van der Waals surface area contributed by atoms with Gasteiger partial charge in [0.05, 0.1) is 5.88 Å². The van der Waals surface area contributed by atoms with Crippen molar-refractivity contribution >= 4 is 31.8 Å². The molecule has 0 spiro atoms. The average Bonchev–Trinajstić information content (AvgIpc) is 1.80. The second-order valence-electron chi connectivity index (χ2n) is 2.12. The molecule has 0 aromatic heterocycles. The third-order valence-electron chi connectivity index (χ3n) is 1.06. The molecular formula is C3H7ClO7S2. The number of hydrogen-bond donors (Lipinski definition) is 3. The standard InChI is InChI=1S/C3H7ClO7S2/c4-1-2(5)3(12(6,7)8)13(9,10)11/h2-3,5H,1H2,(H,6,7,8)(H,9,10,11). The van der Waals surface area contributed by atoms with Gasteiger partial charge in [-0.3, -0.25) is 9.11 Å². The third kappa shape index (κ3) is 3.75. The molecule has 1 atom stereocenters. The van der Waals surface area contributed by atoms with Crippen LogP contribution in [0.1, 0.15) is 0 Å². The summed E-state index contributed by atoms with van der Waals surface area (Å²) in [6.07, 6.45) is -2.09. The Kier molecular flexibility index (Phi) is 4.09. The van der Waals surface area contributed by atoms with Gasteiger partial charge in [0.15, 0.2) is 0 Å². The Bertz CT molecular complexity index is 323. The van der Waals surface area contributed by atoms with Gasteiger partial charge in [0.25, 0.3) is 20.2 Å². The molecule has 13 heavy (non-hydrogen) atoms. The van der Waals surface area contributed by atoms with E-state index in [2.05, 4.69) is 0 Å². The van der Waals surface area contributed by atoms with Crippen molar-refractivity contribution < 1.29 is 31.0 Å². The molecule has 10 heteroatoms. The van der Waals surface area contributed by atoms with Gasteiger partial charge in [-0.2, -0.15) is 16.8 Å². The lowest BCUT2D eigenvalue weighted by Gasteiger charge is -2.14. The zero-order chi connectivity index (χ0) is 10.9. The van der Waals surface area contributed by atoms with Crippen molar-refractivity contribution in [3.63, 3.8) is 0 Å². The fraction of sp³-hybridized carbons (Fsp3) is 1.00. The zero-order valence-corrected chi connectivity index (χ0v) is 8.42. The van der Waals surface area contributed by atoms with Crippen LogP contribution >= 0.6 is 11.6 Å². The molecule has 0 aromatic rings. The first kappa shape index (κ1) is 13.1. The molecule has 0 amide bonds. The lowest BCUT2D eigenvalue weighted by molar-refractivity contribution is 0.204. The maximum atomic E-state index is 10.4. The van der Waals surface area contributed by atoms with E-state index in [0.717, 1.165) is 0 Å². The summed E-state index contributed by atoms with van der Waals surface area (Å²) in [5, 5.41) is 8.78. The van der Waals surface area contributed by atoms with Gasteiger partial charge < -0.3 is 5.11 Å². The Balaban J connectivity index is 5.27. The molecule has 7 nitrogen and oxygen atoms in total. The molecule has 0 aliphatic heterocycles. The van der Waals surface area contributed by atoms with Gasteiger partial charge in [-0.25, -0.2) is 0 Å². The van der Waals surface area contributed by atoms with Crippen molar-refractivity contribution in [2.24, 2.45) is 0 Å². The summed E-state index contributed by atoms with van der Waals surface area (Å²) in [6.45, 7) is 0. The maximum absolute atomic E-state index is 10.4. The highest BCUT2D eigenvalue weighted by Gasteiger charge is 2.41. The molecular weight excluding hydrogens is 248 g/mol. The Morgan fingerprint density at radius 2 is 1.38 bits per heavy atom. The fourth-order valence-corrected chi connectivity index (χ4v) is 3.23. The van der Waals surface area contributed by atoms with Crippen LogP contribution in [0.25, 0.3) is 0 Å². The Morgan fingerprint density at radius 3 is 1.46 bits per heavy atom. The SMILES string of the molecule is O=S(=O)(O)C(C(O)CCl)S(=O)(=O)O. The summed E-state index contributed by atoms with van der Waals surface area (Å²) in [6, 6.07) is 0. The maximum Gasteiger partial charge on any atom is 0.287 e. The monoisotopic (exact) mass is 254 g/mol. The van der Waals surface area contributed by atoms with Gasteiger partial charge in [-0.15, -0.1) is 11.6 Å². The molecule has 0 fully saturated rings. The highest BCUT2D eigenvalue weighted by Crippen LogP contribution is 2.12. The summed E-state index contributed by atoms with van der Waals surface area (Å²) in [5.41, 5.74) is 0. The topological polar surface area (TPSA) is 129 Å². The van der Waals surface area contributed by atoms with Gasteiger partial charge >= 0.3 is 0 Å². The van der Waals surface area contributed by atoms with Crippen molar-refractivity contribution in [3.8, 4) is 0 Å². The first-order valence-electron chi connectivity index (χ1n) is 2.77. The van der Waals surface area contributed by atoms with E-state index in [9.17, 15) is 16.8 Å². The Morgan fingerprint density at radius 1 is 1.08 bits per heavy atom. The van der Waals surface area contributed by atoms with E-state index in [1.807, 2.05) is 0 Å². The summed E-state index contributed by atoms with van der Waals surface area (Å²) < 4.78 is 55.4. The molecule has 1 unspecified atom stereocenters. The number of alkyl halides is 1. The van der Waals surface area contributed by atoms with Crippen LogP contribution in [-0.4, -0.2) is 47.6 Å². The third-order valence-corrected chi connectivity index (χ3v) is 4.64. The van der Waals surface area contributed by atoms with Gasteiger partial charge in [0.2, 0.25) is 4.58 Å². The van der Waals surface area contributed by atoms with E-state index >= 15 is 0 Å². The van der Waals surface area contributed by atoms with Crippen molar-refractivity contribution in [3.05, 3.63) is 0 Å². The van der Waals surface area contributed by atoms with E-state index in [1.165, 1.54) is 0 Å². The number of aliphatic hydroxyl groups excluding tert-OH is 1. The number of rotatable bonds is 4. The smallest absolute Gasteiger partial charge is 0.287 e. The van der Waals surface area contributed by atoms with Crippen LogP contribution < -0.4 is 0 Å². The summed E-state index contributed by atoms with van der Waals surface area (Å²) >= 11 is 4.96. The normalized spacial score (nSPS) is 16.1. The number of halogens is 1. The minimum atomic E-state index is -5.11. The average molecular weight is 255 g/mol. The molecule has 3 N–H and O–H groups in total. The molecule has 0 aromatic carbocycles. The predicted octanol–water partition coefficient (Wildman–Crippen LogP) is -1.31. The van der Waals surface area contributed by atoms with Crippen LogP contribution in [0.4, 0.5) is 0 Å². The van der Waals surface area contributed by atoms with E-state index in [1.54, 1.807) is 0 Å². The lowest BCUT2D eigenvalue weighted by Crippen LogP contribution is -2.41. The molecule has 0 radical (unpaired) electrons. The van der Waals surface area contributed by atoms with Crippen LogP contribution in [0.2, 0.25) is 0 Å². The molecule has 0 aliphatic carbocycles. The largest absolute Gasteiger partial charge is 0.389 e. The molecule has 0 saturated carbocycles. The van der Waals surface area contributed by atoms with E-state index in [0.29, 0.717) is 0 Å². The first-order valence-corrected chi connectivity index (χ1v) is 6.31. The number of hydrogen-bond acceptors (Lipinski definition) is 5. The van der Waals surface area contributed by atoms with Crippen molar-refractivity contribution in [1.82, 2.24) is 0 Å². The molecule has 0 rings (SSSR count). The van der Waals surface area contributed by atoms with Crippen LogP contribution in [0.15, 0.2) is 0 Å². The van der Waals surface area contributed by atoms with Crippen LogP contribution in [0, 0.1) is 0 Å². The summed E-state index contributed by atoms with van der Waals surface area (Å²) in [4.78, 5) is 0. The Labute approximate surface area is 79.8 Å². The molecule has 80 valence electrons. The van der Waals surface area contributed by atoms with Gasteiger partial charge in [-0.05, 0) is 0 Å². The molecule has 0 saturated heterocycles. The van der Waals surface area contributed by atoms with Gasteiger partial charge in [0.1, 0.15) is 6.10 Å². The van der Waals surface area contributed by atoms with Crippen LogP contribution in [0.5, 0.6) is 0 Å². The van der Waals surface area contributed by atoms with Crippen LogP contribution in [0.3, 0.4) is 0 Å². The quantitative estimate of drug-likeness (QED) is 0.419. The number of aliphatic hydroxyl groups is 1. The van der Waals surface area contributed by atoms with E-state index in [4.69, 9.17) is 25.8 Å².